The van der Waals surface area contributed by atoms with E-state index in [2.05, 4.69) is 22.9 Å². The van der Waals surface area contributed by atoms with Gasteiger partial charge in [0.05, 0.1) is 12.2 Å². The van der Waals surface area contributed by atoms with Crippen LogP contribution in [0.2, 0.25) is 0 Å². The molecule has 3 nitrogen and oxygen atoms in total. The van der Waals surface area contributed by atoms with Gasteiger partial charge in [-0.3, -0.25) is 4.79 Å². The summed E-state index contributed by atoms with van der Waals surface area (Å²) in [5.41, 5.74) is 1.72. The fourth-order valence-corrected chi connectivity index (χ4v) is 2.17. The van der Waals surface area contributed by atoms with Crippen molar-refractivity contribution in [1.29, 1.82) is 0 Å². The van der Waals surface area contributed by atoms with Crippen LogP contribution in [-0.4, -0.2) is 35.6 Å². The van der Waals surface area contributed by atoms with E-state index in [-0.39, 0.29) is 12.5 Å². The largest absolute Gasteiger partial charge is 0.395 e. The van der Waals surface area contributed by atoms with Crippen LogP contribution in [0.3, 0.4) is 0 Å². The molecule has 0 aliphatic carbocycles. The number of halogens is 1. The molecule has 1 aromatic carbocycles. The van der Waals surface area contributed by atoms with E-state index in [4.69, 9.17) is 5.11 Å². The minimum absolute atomic E-state index is 0.00110. The highest BCUT2D eigenvalue weighted by molar-refractivity contribution is 9.10. The van der Waals surface area contributed by atoms with E-state index in [1.807, 2.05) is 25.1 Å². The summed E-state index contributed by atoms with van der Waals surface area (Å²) in [6.07, 6.45) is 1.99. The maximum atomic E-state index is 12.4. The summed E-state index contributed by atoms with van der Waals surface area (Å²) in [5, 5.41) is 9.05. The molecule has 0 unspecified atom stereocenters. The van der Waals surface area contributed by atoms with Crippen molar-refractivity contribution in [3.63, 3.8) is 0 Å². The molecule has 100 valence electrons. The minimum Gasteiger partial charge on any atom is -0.395 e. The maximum absolute atomic E-state index is 12.4. The number of hydrogen-bond donors (Lipinski definition) is 1. The molecule has 0 aliphatic rings. The second kappa shape index (κ2) is 7.54. The zero-order chi connectivity index (χ0) is 13.5. The Balaban J connectivity index is 2.90. The van der Waals surface area contributed by atoms with Crippen LogP contribution in [0.25, 0.3) is 0 Å². The van der Waals surface area contributed by atoms with Crippen molar-refractivity contribution in [2.45, 2.75) is 26.7 Å². The first kappa shape index (κ1) is 15.2. The van der Waals surface area contributed by atoms with E-state index in [1.165, 1.54) is 0 Å². The van der Waals surface area contributed by atoms with Crippen molar-refractivity contribution in [1.82, 2.24) is 4.90 Å². The maximum Gasteiger partial charge on any atom is 0.255 e. The second-order valence-electron chi connectivity index (χ2n) is 4.35. The molecule has 0 aromatic heterocycles. The van der Waals surface area contributed by atoms with Crippen LogP contribution in [0.15, 0.2) is 22.7 Å². The Morgan fingerprint density at radius 2 is 2.11 bits per heavy atom. The summed E-state index contributed by atoms with van der Waals surface area (Å²) in [5.74, 6) is -0.0203. The van der Waals surface area contributed by atoms with E-state index >= 15 is 0 Å². The van der Waals surface area contributed by atoms with Gasteiger partial charge in [0.2, 0.25) is 0 Å². The Labute approximate surface area is 117 Å². The van der Waals surface area contributed by atoms with Gasteiger partial charge in [0.15, 0.2) is 0 Å². The topological polar surface area (TPSA) is 40.5 Å². The van der Waals surface area contributed by atoms with Crippen molar-refractivity contribution in [2.75, 3.05) is 19.7 Å². The smallest absolute Gasteiger partial charge is 0.255 e. The molecule has 18 heavy (non-hydrogen) atoms. The standard InChI is InChI=1S/C14H20BrNO2/c1-3-4-7-16(8-9-17)14(18)12-10-11(2)5-6-13(12)15/h5-6,10,17H,3-4,7-9H2,1-2H3. The number of amides is 1. The fraction of sp³-hybridized carbons (Fsp3) is 0.500. The molecule has 1 N–H and O–H groups in total. The van der Waals surface area contributed by atoms with Crippen LogP contribution < -0.4 is 0 Å². The number of hydrogen-bond acceptors (Lipinski definition) is 2. The minimum atomic E-state index is -0.0203. The molecule has 1 rings (SSSR count). The number of aliphatic hydroxyl groups excluding tert-OH is 1. The summed E-state index contributed by atoms with van der Waals surface area (Å²) >= 11 is 3.41. The average molecular weight is 314 g/mol. The lowest BCUT2D eigenvalue weighted by atomic mass is 10.1. The van der Waals surface area contributed by atoms with Gasteiger partial charge in [0.25, 0.3) is 5.91 Å². The van der Waals surface area contributed by atoms with Crippen LogP contribution in [0.1, 0.15) is 35.7 Å². The van der Waals surface area contributed by atoms with E-state index in [9.17, 15) is 4.79 Å². The first-order valence-corrected chi connectivity index (χ1v) is 7.05. The van der Waals surface area contributed by atoms with E-state index < -0.39 is 0 Å². The van der Waals surface area contributed by atoms with Crippen molar-refractivity contribution >= 4 is 21.8 Å². The van der Waals surface area contributed by atoms with Crippen LogP contribution in [0.4, 0.5) is 0 Å². The van der Waals surface area contributed by atoms with Crippen molar-refractivity contribution in [2.24, 2.45) is 0 Å². The molecule has 0 radical (unpaired) electrons. The third-order valence-electron chi connectivity index (χ3n) is 2.79. The van der Waals surface area contributed by atoms with Gasteiger partial charge in [-0.15, -0.1) is 0 Å². The predicted octanol–water partition coefficient (Wildman–Crippen LogP) is 2.99. The van der Waals surface area contributed by atoms with Crippen LogP contribution in [0.5, 0.6) is 0 Å². The second-order valence-corrected chi connectivity index (χ2v) is 5.21. The Morgan fingerprint density at radius 3 is 2.72 bits per heavy atom. The molecule has 0 heterocycles. The van der Waals surface area contributed by atoms with Crippen LogP contribution in [-0.2, 0) is 0 Å². The highest BCUT2D eigenvalue weighted by Crippen LogP contribution is 2.20. The molecule has 0 saturated heterocycles. The van der Waals surface area contributed by atoms with Gasteiger partial charge in [-0.05, 0) is 41.4 Å². The lowest BCUT2D eigenvalue weighted by molar-refractivity contribution is 0.0718. The number of benzene rings is 1. The van der Waals surface area contributed by atoms with Crippen LogP contribution in [0, 0.1) is 6.92 Å². The summed E-state index contributed by atoms with van der Waals surface area (Å²) in [4.78, 5) is 14.1. The number of aliphatic hydroxyl groups is 1. The number of carbonyl (C=O) groups is 1. The number of carbonyl (C=O) groups excluding carboxylic acids is 1. The molecule has 1 aromatic rings. The Morgan fingerprint density at radius 1 is 1.39 bits per heavy atom. The lowest BCUT2D eigenvalue weighted by Gasteiger charge is -2.22. The van der Waals surface area contributed by atoms with Crippen molar-refractivity contribution < 1.29 is 9.90 Å². The Bertz CT molecular complexity index is 407. The Hall–Kier alpha value is -0.870. The summed E-state index contributed by atoms with van der Waals surface area (Å²) in [6.45, 7) is 5.13. The lowest BCUT2D eigenvalue weighted by Crippen LogP contribution is -2.34. The summed E-state index contributed by atoms with van der Waals surface area (Å²) in [6, 6.07) is 5.73. The fourth-order valence-electron chi connectivity index (χ4n) is 1.76. The quantitative estimate of drug-likeness (QED) is 0.877. The van der Waals surface area contributed by atoms with E-state index in [1.54, 1.807) is 4.90 Å². The number of rotatable bonds is 6. The SMILES string of the molecule is CCCCN(CCO)C(=O)c1cc(C)ccc1Br. The third-order valence-corrected chi connectivity index (χ3v) is 3.48. The zero-order valence-corrected chi connectivity index (χ0v) is 12.5. The first-order valence-electron chi connectivity index (χ1n) is 6.26. The average Bonchev–Trinajstić information content (AvgIpc) is 2.36. The van der Waals surface area contributed by atoms with Gasteiger partial charge in [-0.2, -0.15) is 0 Å². The molecule has 0 fully saturated rings. The number of unbranched alkanes of at least 4 members (excludes halogenated alkanes) is 1. The van der Waals surface area contributed by atoms with Gasteiger partial charge in [0, 0.05) is 17.6 Å². The van der Waals surface area contributed by atoms with Gasteiger partial charge in [-0.1, -0.05) is 25.0 Å². The molecule has 0 bridgehead atoms. The molecule has 0 spiro atoms. The molecular formula is C14H20BrNO2. The molecule has 0 atom stereocenters. The van der Waals surface area contributed by atoms with E-state index in [0.29, 0.717) is 18.7 Å². The number of nitrogens with zero attached hydrogens (tertiary/aromatic N) is 1. The third kappa shape index (κ3) is 4.10. The normalized spacial score (nSPS) is 10.4. The molecule has 4 heteroatoms. The molecule has 1 amide bonds. The zero-order valence-electron chi connectivity index (χ0n) is 10.9. The molecular weight excluding hydrogens is 294 g/mol. The molecule has 0 saturated carbocycles. The van der Waals surface area contributed by atoms with Crippen LogP contribution >= 0.6 is 15.9 Å². The van der Waals surface area contributed by atoms with Crippen molar-refractivity contribution in [3.8, 4) is 0 Å². The van der Waals surface area contributed by atoms with Gasteiger partial charge < -0.3 is 10.0 Å². The first-order chi connectivity index (χ1) is 8.60. The number of aryl methyl sites for hydroxylation is 1. The summed E-state index contributed by atoms with van der Waals surface area (Å²) < 4.78 is 0.803. The Kier molecular flexibility index (Phi) is 6.36. The molecule has 0 aliphatic heterocycles. The monoisotopic (exact) mass is 313 g/mol. The van der Waals surface area contributed by atoms with E-state index in [0.717, 1.165) is 22.9 Å². The van der Waals surface area contributed by atoms with Gasteiger partial charge in [-0.25, -0.2) is 0 Å². The summed E-state index contributed by atoms with van der Waals surface area (Å²) in [7, 11) is 0. The van der Waals surface area contributed by atoms with Crippen molar-refractivity contribution in [3.05, 3.63) is 33.8 Å². The van der Waals surface area contributed by atoms with Gasteiger partial charge in [0.1, 0.15) is 0 Å². The van der Waals surface area contributed by atoms with Gasteiger partial charge >= 0.3 is 0 Å². The highest BCUT2D eigenvalue weighted by atomic mass is 79.9. The highest BCUT2D eigenvalue weighted by Gasteiger charge is 2.17. The predicted molar refractivity (Wildman–Crippen MR) is 76.8 cm³/mol.